The van der Waals surface area contributed by atoms with Crippen LogP contribution in [0.3, 0.4) is 0 Å². The van der Waals surface area contributed by atoms with Crippen LogP contribution >= 0.6 is 11.3 Å². The SMILES string of the molecule is O=c1c(Cc2ccc(-c3nn[nH]n3)cc2)c(-c2ccccc2)sc2ccccc12. The van der Waals surface area contributed by atoms with Crippen molar-refractivity contribution in [2.45, 2.75) is 6.42 Å². The number of fused-ring (bicyclic) bond motifs is 1. The van der Waals surface area contributed by atoms with E-state index in [2.05, 4.69) is 32.8 Å². The van der Waals surface area contributed by atoms with Crippen molar-refractivity contribution in [1.82, 2.24) is 20.6 Å². The summed E-state index contributed by atoms with van der Waals surface area (Å²) in [5.74, 6) is 0.555. The van der Waals surface area contributed by atoms with Gasteiger partial charge in [-0.3, -0.25) is 4.79 Å². The number of tetrazole rings is 1. The Labute approximate surface area is 170 Å². The lowest BCUT2D eigenvalue weighted by molar-refractivity contribution is 0.881. The van der Waals surface area contributed by atoms with Gasteiger partial charge in [-0.2, -0.15) is 5.21 Å². The van der Waals surface area contributed by atoms with Crippen molar-refractivity contribution < 1.29 is 0 Å². The van der Waals surface area contributed by atoms with Crippen LogP contribution in [0, 0.1) is 0 Å². The number of nitrogens with zero attached hydrogens (tertiary/aromatic N) is 3. The summed E-state index contributed by atoms with van der Waals surface area (Å²) in [4.78, 5) is 14.4. The fraction of sp³-hybridized carbons (Fsp3) is 0.0435. The molecule has 0 aliphatic carbocycles. The highest BCUT2D eigenvalue weighted by molar-refractivity contribution is 7.21. The highest BCUT2D eigenvalue weighted by Gasteiger charge is 2.15. The molecule has 29 heavy (non-hydrogen) atoms. The maximum Gasteiger partial charge on any atom is 0.204 e. The summed E-state index contributed by atoms with van der Waals surface area (Å²) in [5, 5.41) is 14.8. The van der Waals surface area contributed by atoms with Gasteiger partial charge >= 0.3 is 0 Å². The number of H-pyrrole nitrogens is 1. The Morgan fingerprint density at radius 3 is 2.34 bits per heavy atom. The first-order chi connectivity index (χ1) is 14.3. The molecule has 0 spiro atoms. The van der Waals surface area contributed by atoms with Gasteiger partial charge in [-0.05, 0) is 28.5 Å². The lowest BCUT2D eigenvalue weighted by Gasteiger charge is -2.11. The summed E-state index contributed by atoms with van der Waals surface area (Å²) < 4.78 is 1.01. The Kier molecular flexibility index (Phi) is 4.46. The molecule has 140 valence electrons. The van der Waals surface area contributed by atoms with Crippen LogP contribution in [0.15, 0.2) is 83.7 Å². The number of aromatic amines is 1. The summed E-state index contributed by atoms with van der Waals surface area (Å²) in [6, 6.07) is 25.9. The molecule has 2 aromatic heterocycles. The van der Waals surface area contributed by atoms with Gasteiger partial charge in [0.15, 0.2) is 5.43 Å². The quantitative estimate of drug-likeness (QED) is 0.478. The third-order valence-corrected chi connectivity index (χ3v) is 6.13. The molecule has 5 nitrogen and oxygen atoms in total. The zero-order valence-corrected chi connectivity index (χ0v) is 16.2. The van der Waals surface area contributed by atoms with Gasteiger partial charge in [0.2, 0.25) is 5.82 Å². The molecule has 0 atom stereocenters. The second-order valence-corrected chi connectivity index (χ2v) is 7.76. The highest BCUT2D eigenvalue weighted by Crippen LogP contribution is 2.32. The van der Waals surface area contributed by atoms with E-state index in [1.165, 1.54) is 0 Å². The fourth-order valence-corrected chi connectivity index (χ4v) is 4.60. The van der Waals surface area contributed by atoms with E-state index in [0.29, 0.717) is 12.2 Å². The molecule has 5 aromatic rings. The van der Waals surface area contributed by atoms with Crippen LogP contribution in [0.25, 0.3) is 31.9 Å². The van der Waals surface area contributed by atoms with Crippen LogP contribution in [0.5, 0.6) is 0 Å². The topological polar surface area (TPSA) is 71.5 Å². The number of hydrogen-bond donors (Lipinski definition) is 1. The Bertz CT molecular complexity index is 1330. The van der Waals surface area contributed by atoms with Gasteiger partial charge < -0.3 is 0 Å². The minimum absolute atomic E-state index is 0.0976. The molecule has 0 fully saturated rings. The zero-order chi connectivity index (χ0) is 19.6. The smallest absolute Gasteiger partial charge is 0.204 e. The van der Waals surface area contributed by atoms with Crippen molar-refractivity contribution in [3.05, 3.63) is 100 Å². The van der Waals surface area contributed by atoms with Gasteiger partial charge in [-0.15, -0.1) is 21.5 Å². The summed E-state index contributed by atoms with van der Waals surface area (Å²) in [5.41, 5.74) is 3.94. The summed E-state index contributed by atoms with van der Waals surface area (Å²) >= 11 is 1.67. The third-order valence-electron chi connectivity index (χ3n) is 4.87. The first kappa shape index (κ1) is 17.5. The average molecular weight is 396 g/mol. The van der Waals surface area contributed by atoms with Crippen molar-refractivity contribution in [1.29, 1.82) is 0 Å². The number of aromatic nitrogens is 4. The molecule has 0 saturated heterocycles. The van der Waals surface area contributed by atoms with Gasteiger partial charge in [0.25, 0.3) is 0 Å². The van der Waals surface area contributed by atoms with Gasteiger partial charge in [0.1, 0.15) is 0 Å². The fourth-order valence-electron chi connectivity index (χ4n) is 3.42. The van der Waals surface area contributed by atoms with Crippen LogP contribution in [-0.2, 0) is 6.42 Å². The number of hydrogen-bond acceptors (Lipinski definition) is 5. The molecule has 3 aromatic carbocycles. The van der Waals surface area contributed by atoms with Crippen LogP contribution < -0.4 is 5.43 Å². The zero-order valence-electron chi connectivity index (χ0n) is 15.4. The maximum atomic E-state index is 13.4. The van der Waals surface area contributed by atoms with Crippen molar-refractivity contribution in [3.8, 4) is 21.8 Å². The van der Waals surface area contributed by atoms with Gasteiger partial charge in [0.05, 0.1) is 0 Å². The monoisotopic (exact) mass is 396 g/mol. The van der Waals surface area contributed by atoms with Crippen molar-refractivity contribution in [3.63, 3.8) is 0 Å². The van der Waals surface area contributed by atoms with Gasteiger partial charge in [-0.25, -0.2) is 0 Å². The summed E-state index contributed by atoms with van der Waals surface area (Å²) in [6.45, 7) is 0. The van der Waals surface area contributed by atoms with E-state index in [9.17, 15) is 4.79 Å². The van der Waals surface area contributed by atoms with Crippen molar-refractivity contribution in [2.24, 2.45) is 0 Å². The molecule has 0 bridgehead atoms. The van der Waals surface area contributed by atoms with Crippen molar-refractivity contribution in [2.75, 3.05) is 0 Å². The van der Waals surface area contributed by atoms with E-state index < -0.39 is 0 Å². The average Bonchev–Trinajstić information content (AvgIpc) is 3.32. The standard InChI is InChI=1S/C23H16N4OS/c28-21-18-8-4-5-9-20(18)29-22(16-6-2-1-3-7-16)19(21)14-15-10-12-17(13-11-15)23-24-26-27-25-23/h1-13H,14H2,(H,24,25,26,27). The minimum Gasteiger partial charge on any atom is -0.289 e. The van der Waals surface area contributed by atoms with Crippen LogP contribution in [0.2, 0.25) is 0 Å². The lowest BCUT2D eigenvalue weighted by atomic mass is 9.99. The molecular weight excluding hydrogens is 380 g/mol. The predicted octanol–water partition coefficient (Wildman–Crippen LogP) is 4.70. The lowest BCUT2D eigenvalue weighted by Crippen LogP contribution is -2.10. The van der Waals surface area contributed by atoms with Gasteiger partial charge in [-0.1, -0.05) is 66.7 Å². The molecule has 0 radical (unpaired) electrons. The van der Waals surface area contributed by atoms with Crippen LogP contribution in [0.4, 0.5) is 0 Å². The molecule has 0 unspecified atom stereocenters. The Balaban J connectivity index is 1.62. The second-order valence-electron chi connectivity index (χ2n) is 6.71. The molecule has 2 heterocycles. The molecular formula is C23H16N4OS. The molecule has 1 N–H and O–H groups in total. The van der Waals surface area contributed by atoms with Gasteiger partial charge in [0, 0.05) is 32.5 Å². The second kappa shape index (κ2) is 7.41. The third kappa shape index (κ3) is 3.34. The first-order valence-electron chi connectivity index (χ1n) is 9.22. The molecule has 0 saturated carbocycles. The maximum absolute atomic E-state index is 13.4. The van der Waals surface area contributed by atoms with E-state index >= 15 is 0 Å². The first-order valence-corrected chi connectivity index (χ1v) is 10.0. The summed E-state index contributed by atoms with van der Waals surface area (Å²) in [6.07, 6.45) is 0.566. The summed E-state index contributed by atoms with van der Waals surface area (Å²) in [7, 11) is 0. The van der Waals surface area contributed by atoms with E-state index in [1.807, 2.05) is 66.7 Å². The molecule has 6 heteroatoms. The molecule has 0 aliphatic rings. The normalized spacial score (nSPS) is 11.0. The minimum atomic E-state index is 0.0976. The van der Waals surface area contributed by atoms with Crippen molar-refractivity contribution >= 4 is 21.4 Å². The van der Waals surface area contributed by atoms with Crippen LogP contribution in [-0.4, -0.2) is 20.6 Å². The van der Waals surface area contributed by atoms with Crippen LogP contribution in [0.1, 0.15) is 11.1 Å². The van der Waals surface area contributed by atoms with E-state index in [-0.39, 0.29) is 5.43 Å². The largest absolute Gasteiger partial charge is 0.289 e. The number of nitrogens with one attached hydrogen (secondary N) is 1. The Hall–Kier alpha value is -3.64. The molecule has 0 amide bonds. The Morgan fingerprint density at radius 1 is 0.828 bits per heavy atom. The van der Waals surface area contributed by atoms with E-state index in [4.69, 9.17) is 0 Å². The number of rotatable bonds is 4. The Morgan fingerprint density at radius 2 is 1.59 bits per heavy atom. The van der Waals surface area contributed by atoms with E-state index in [1.54, 1.807) is 11.3 Å². The number of benzene rings is 3. The predicted molar refractivity (Wildman–Crippen MR) is 116 cm³/mol. The highest BCUT2D eigenvalue weighted by atomic mass is 32.1. The van der Waals surface area contributed by atoms with E-state index in [0.717, 1.165) is 37.2 Å². The molecule has 5 rings (SSSR count). The molecule has 0 aliphatic heterocycles.